The molecule has 0 aromatic heterocycles. The van der Waals surface area contributed by atoms with Crippen molar-refractivity contribution in [3.05, 3.63) is 29.8 Å². The van der Waals surface area contributed by atoms with Crippen LogP contribution in [-0.4, -0.2) is 55.6 Å². The second kappa shape index (κ2) is 11.5. The van der Waals surface area contributed by atoms with Crippen LogP contribution < -0.4 is 16.4 Å². The molecule has 0 bridgehead atoms. The maximum atomic E-state index is 12.6. The maximum absolute atomic E-state index is 12.6. The Balaban J connectivity index is 1.83. The van der Waals surface area contributed by atoms with Crippen LogP contribution in [0.3, 0.4) is 0 Å². The van der Waals surface area contributed by atoms with Crippen molar-refractivity contribution < 1.29 is 19.1 Å². The fourth-order valence-electron chi connectivity index (χ4n) is 3.62. The number of carbonyl (C=O) groups excluding carboxylic acids is 3. The number of carbonyl (C=O) groups is 3. The van der Waals surface area contributed by atoms with Gasteiger partial charge in [-0.1, -0.05) is 26.0 Å². The summed E-state index contributed by atoms with van der Waals surface area (Å²) in [6, 6.07) is 7.09. The molecule has 1 aliphatic heterocycles. The van der Waals surface area contributed by atoms with E-state index in [4.69, 9.17) is 5.73 Å². The number of ether oxygens (including phenoxy) is 1. The smallest absolute Gasteiger partial charge is 0.407 e. The molecule has 8 nitrogen and oxygen atoms in total. The molecule has 2 rings (SSSR count). The number of alkyl carbamates (subject to hydrolysis) is 1. The topological polar surface area (TPSA) is 114 Å². The normalized spacial score (nSPS) is 16.1. The Labute approximate surface area is 178 Å². The standard InChI is InChI=1S/C22H34N4O4/c1-15(2)14-19(25-22(29)30-3)21(28)24-18-6-4-16(5-7-18)8-11-26-12-9-17(10-13-26)20(23)27/h4-7,15,17,19H,8-14H2,1-3H3,(H2,23,27)(H,24,28)(H,25,29). The molecule has 8 heteroatoms. The summed E-state index contributed by atoms with van der Waals surface area (Å²) in [5.41, 5.74) is 7.25. The van der Waals surface area contributed by atoms with Crippen LogP contribution in [0.15, 0.2) is 24.3 Å². The fraction of sp³-hybridized carbons (Fsp3) is 0.591. The van der Waals surface area contributed by atoms with E-state index >= 15 is 0 Å². The summed E-state index contributed by atoms with van der Waals surface area (Å²) in [7, 11) is 1.28. The Morgan fingerprint density at radius 1 is 1.17 bits per heavy atom. The number of hydrogen-bond donors (Lipinski definition) is 3. The number of likely N-dealkylation sites (tertiary alicyclic amines) is 1. The summed E-state index contributed by atoms with van der Waals surface area (Å²) in [6.07, 6.45) is 2.46. The zero-order valence-electron chi connectivity index (χ0n) is 18.1. The third kappa shape index (κ3) is 7.67. The van der Waals surface area contributed by atoms with Crippen molar-refractivity contribution in [2.75, 3.05) is 32.1 Å². The molecule has 0 radical (unpaired) electrons. The summed E-state index contributed by atoms with van der Waals surface area (Å²) in [6.45, 7) is 6.70. The molecule has 3 amide bonds. The van der Waals surface area contributed by atoms with Crippen molar-refractivity contribution in [3.8, 4) is 0 Å². The lowest BCUT2D eigenvalue weighted by Crippen LogP contribution is -2.44. The van der Waals surface area contributed by atoms with Crippen LogP contribution in [0.4, 0.5) is 10.5 Å². The molecule has 1 aromatic rings. The van der Waals surface area contributed by atoms with E-state index in [0.717, 1.165) is 38.9 Å². The Morgan fingerprint density at radius 3 is 2.33 bits per heavy atom. The highest BCUT2D eigenvalue weighted by Crippen LogP contribution is 2.18. The van der Waals surface area contributed by atoms with E-state index in [-0.39, 0.29) is 23.7 Å². The number of piperidine rings is 1. The molecule has 30 heavy (non-hydrogen) atoms. The van der Waals surface area contributed by atoms with Crippen LogP contribution in [-0.2, 0) is 20.7 Å². The number of anilines is 1. The van der Waals surface area contributed by atoms with Gasteiger partial charge in [-0.3, -0.25) is 9.59 Å². The zero-order valence-corrected chi connectivity index (χ0v) is 18.1. The van der Waals surface area contributed by atoms with Gasteiger partial charge in [0, 0.05) is 18.2 Å². The van der Waals surface area contributed by atoms with E-state index < -0.39 is 12.1 Å². The van der Waals surface area contributed by atoms with Crippen LogP contribution in [0.5, 0.6) is 0 Å². The fourth-order valence-corrected chi connectivity index (χ4v) is 3.62. The van der Waals surface area contributed by atoms with Gasteiger partial charge in [0.05, 0.1) is 7.11 Å². The van der Waals surface area contributed by atoms with Crippen molar-refractivity contribution in [1.82, 2.24) is 10.2 Å². The van der Waals surface area contributed by atoms with Crippen molar-refractivity contribution >= 4 is 23.6 Å². The minimum absolute atomic E-state index is 0.0114. The molecule has 1 heterocycles. The molecule has 1 saturated heterocycles. The van der Waals surface area contributed by atoms with Crippen LogP contribution in [0, 0.1) is 11.8 Å². The van der Waals surface area contributed by atoms with Crippen molar-refractivity contribution in [1.29, 1.82) is 0 Å². The predicted molar refractivity (Wildman–Crippen MR) is 116 cm³/mol. The van der Waals surface area contributed by atoms with Crippen LogP contribution in [0.1, 0.15) is 38.7 Å². The average molecular weight is 419 g/mol. The van der Waals surface area contributed by atoms with Gasteiger partial charge in [0.25, 0.3) is 0 Å². The number of rotatable bonds is 9. The van der Waals surface area contributed by atoms with E-state index in [1.807, 2.05) is 38.1 Å². The number of methoxy groups -OCH3 is 1. The Kier molecular flexibility index (Phi) is 9.11. The lowest BCUT2D eigenvalue weighted by molar-refractivity contribution is -0.123. The van der Waals surface area contributed by atoms with Gasteiger partial charge in [0.1, 0.15) is 6.04 Å². The molecule has 0 saturated carbocycles. The molecular formula is C22H34N4O4. The second-order valence-corrected chi connectivity index (χ2v) is 8.27. The number of hydrogen-bond acceptors (Lipinski definition) is 5. The Morgan fingerprint density at radius 2 is 1.80 bits per heavy atom. The highest BCUT2D eigenvalue weighted by molar-refractivity contribution is 5.96. The van der Waals surface area contributed by atoms with Gasteiger partial charge in [-0.2, -0.15) is 0 Å². The summed E-state index contributed by atoms with van der Waals surface area (Å²) >= 11 is 0. The number of nitrogens with zero attached hydrogens (tertiary/aromatic N) is 1. The van der Waals surface area contributed by atoms with Crippen molar-refractivity contribution in [2.45, 2.75) is 45.6 Å². The third-order valence-electron chi connectivity index (χ3n) is 5.43. The number of nitrogens with one attached hydrogen (secondary N) is 2. The predicted octanol–water partition coefficient (Wildman–Crippen LogP) is 2.14. The Bertz CT molecular complexity index is 712. The zero-order chi connectivity index (χ0) is 22.1. The molecule has 1 fully saturated rings. The first kappa shape index (κ1) is 23.7. The quantitative estimate of drug-likeness (QED) is 0.568. The van der Waals surface area contributed by atoms with Gasteiger partial charge in [-0.15, -0.1) is 0 Å². The van der Waals surface area contributed by atoms with Gasteiger partial charge in [-0.05, 0) is 62.4 Å². The molecule has 0 spiro atoms. The van der Waals surface area contributed by atoms with Gasteiger partial charge in [0.15, 0.2) is 0 Å². The third-order valence-corrected chi connectivity index (χ3v) is 5.43. The molecule has 1 unspecified atom stereocenters. The molecule has 1 aromatic carbocycles. The van der Waals surface area contributed by atoms with Gasteiger partial charge >= 0.3 is 6.09 Å². The molecule has 1 atom stereocenters. The second-order valence-electron chi connectivity index (χ2n) is 8.27. The molecule has 4 N–H and O–H groups in total. The van der Waals surface area contributed by atoms with Gasteiger partial charge < -0.3 is 26.0 Å². The number of primary amides is 1. The first-order chi connectivity index (χ1) is 14.3. The van der Waals surface area contributed by atoms with Crippen LogP contribution in [0.2, 0.25) is 0 Å². The summed E-state index contributed by atoms with van der Waals surface area (Å²) in [4.78, 5) is 37.7. The maximum Gasteiger partial charge on any atom is 0.407 e. The average Bonchev–Trinajstić information content (AvgIpc) is 2.72. The molecule has 166 valence electrons. The highest BCUT2D eigenvalue weighted by atomic mass is 16.5. The van der Waals surface area contributed by atoms with Crippen molar-refractivity contribution in [3.63, 3.8) is 0 Å². The first-order valence-corrected chi connectivity index (χ1v) is 10.5. The molecular weight excluding hydrogens is 384 g/mol. The van der Waals surface area contributed by atoms with Gasteiger partial charge in [-0.25, -0.2) is 4.79 Å². The number of amides is 3. The van der Waals surface area contributed by atoms with Crippen LogP contribution in [0.25, 0.3) is 0 Å². The van der Waals surface area contributed by atoms with E-state index in [1.165, 1.54) is 12.7 Å². The molecule has 1 aliphatic rings. The minimum Gasteiger partial charge on any atom is -0.453 e. The SMILES string of the molecule is COC(=O)NC(CC(C)C)C(=O)Nc1ccc(CCN2CCC(C(N)=O)CC2)cc1. The van der Waals surface area contributed by atoms with Crippen LogP contribution >= 0.6 is 0 Å². The Hall–Kier alpha value is -2.61. The highest BCUT2D eigenvalue weighted by Gasteiger charge is 2.23. The molecule has 0 aliphatic carbocycles. The van der Waals surface area contributed by atoms with E-state index in [9.17, 15) is 14.4 Å². The largest absolute Gasteiger partial charge is 0.453 e. The number of nitrogens with two attached hydrogens (primary N) is 1. The lowest BCUT2D eigenvalue weighted by Gasteiger charge is -2.30. The lowest BCUT2D eigenvalue weighted by atomic mass is 9.96. The summed E-state index contributed by atoms with van der Waals surface area (Å²) in [5.74, 6) is -0.200. The monoisotopic (exact) mass is 418 g/mol. The van der Waals surface area contributed by atoms with Gasteiger partial charge in [0.2, 0.25) is 11.8 Å². The van der Waals surface area contributed by atoms with E-state index in [0.29, 0.717) is 12.1 Å². The summed E-state index contributed by atoms with van der Waals surface area (Å²) < 4.78 is 4.62. The number of benzene rings is 1. The summed E-state index contributed by atoms with van der Waals surface area (Å²) in [5, 5.41) is 5.45. The minimum atomic E-state index is -0.652. The first-order valence-electron chi connectivity index (χ1n) is 10.5. The van der Waals surface area contributed by atoms with E-state index in [1.54, 1.807) is 0 Å². The van der Waals surface area contributed by atoms with Crippen molar-refractivity contribution in [2.24, 2.45) is 17.6 Å². The van der Waals surface area contributed by atoms with E-state index in [2.05, 4.69) is 20.3 Å².